The molecule has 0 saturated heterocycles. The fourth-order valence-corrected chi connectivity index (χ4v) is 3.63. The van der Waals surface area contributed by atoms with Crippen LogP contribution >= 0.6 is 0 Å². The molecule has 0 heterocycles. The van der Waals surface area contributed by atoms with E-state index < -0.39 is 21.9 Å². The van der Waals surface area contributed by atoms with Crippen LogP contribution in [0.5, 0.6) is 5.75 Å². The number of nitrogens with one attached hydrogen (secondary N) is 2. The monoisotopic (exact) mass is 428 g/mol. The summed E-state index contributed by atoms with van der Waals surface area (Å²) >= 11 is 0. The van der Waals surface area contributed by atoms with E-state index in [0.717, 1.165) is 17.7 Å². The van der Waals surface area contributed by atoms with Gasteiger partial charge in [-0.2, -0.15) is 0 Å². The Morgan fingerprint density at radius 2 is 1.47 bits per heavy atom. The minimum Gasteiger partial charge on any atom is -0.481 e. The highest BCUT2D eigenvalue weighted by molar-refractivity contribution is 7.92. The van der Waals surface area contributed by atoms with E-state index in [1.165, 1.54) is 24.3 Å². The Bertz CT molecular complexity index is 1110. The molecule has 156 valence electrons. The van der Waals surface area contributed by atoms with Gasteiger partial charge in [-0.25, -0.2) is 12.8 Å². The lowest BCUT2D eigenvalue weighted by Crippen LogP contribution is -2.30. The molecule has 0 aliphatic carbocycles. The van der Waals surface area contributed by atoms with Crippen LogP contribution in [0.3, 0.4) is 0 Å². The molecule has 6 nitrogen and oxygen atoms in total. The lowest BCUT2D eigenvalue weighted by atomic mass is 10.2. The molecule has 0 radical (unpaired) electrons. The Balaban J connectivity index is 1.60. The van der Waals surface area contributed by atoms with Gasteiger partial charge in [-0.15, -0.1) is 0 Å². The molecule has 0 bridgehead atoms. The Kier molecular flexibility index (Phi) is 6.37. The fraction of sp³-hybridized carbons (Fsp3) is 0.136. The maximum atomic E-state index is 13.0. The van der Waals surface area contributed by atoms with Crippen LogP contribution in [0.15, 0.2) is 77.7 Å². The van der Waals surface area contributed by atoms with E-state index >= 15 is 0 Å². The normalized spacial score (nSPS) is 12.1. The van der Waals surface area contributed by atoms with Gasteiger partial charge in [0.1, 0.15) is 11.6 Å². The van der Waals surface area contributed by atoms with E-state index in [9.17, 15) is 17.6 Å². The summed E-state index contributed by atoms with van der Waals surface area (Å²) in [5, 5.41) is 2.72. The third kappa shape index (κ3) is 5.57. The maximum absolute atomic E-state index is 13.0. The predicted molar refractivity (Wildman–Crippen MR) is 114 cm³/mol. The molecule has 3 rings (SSSR count). The number of halogens is 1. The quantitative estimate of drug-likeness (QED) is 0.586. The number of amides is 1. The number of hydrogen-bond acceptors (Lipinski definition) is 4. The van der Waals surface area contributed by atoms with E-state index in [-0.39, 0.29) is 10.8 Å². The number of aryl methyl sites for hydroxylation is 1. The zero-order valence-corrected chi connectivity index (χ0v) is 17.2. The summed E-state index contributed by atoms with van der Waals surface area (Å²) in [6.45, 7) is 3.60. The molecule has 3 aromatic carbocycles. The lowest BCUT2D eigenvalue weighted by molar-refractivity contribution is -0.122. The zero-order valence-electron chi connectivity index (χ0n) is 16.4. The third-order valence-corrected chi connectivity index (χ3v) is 5.63. The Morgan fingerprint density at radius 3 is 2.07 bits per heavy atom. The Labute approximate surface area is 174 Å². The van der Waals surface area contributed by atoms with Crippen molar-refractivity contribution in [2.75, 3.05) is 10.0 Å². The average molecular weight is 428 g/mol. The van der Waals surface area contributed by atoms with Crippen molar-refractivity contribution < 1.29 is 22.3 Å². The number of anilines is 2. The molecule has 0 fully saturated rings. The van der Waals surface area contributed by atoms with Gasteiger partial charge in [0, 0.05) is 11.4 Å². The highest BCUT2D eigenvalue weighted by Crippen LogP contribution is 2.19. The van der Waals surface area contributed by atoms with E-state index in [2.05, 4.69) is 10.0 Å². The highest BCUT2D eigenvalue weighted by atomic mass is 32.2. The van der Waals surface area contributed by atoms with Crippen molar-refractivity contribution in [2.24, 2.45) is 0 Å². The van der Waals surface area contributed by atoms with Gasteiger partial charge in [-0.3, -0.25) is 9.52 Å². The molecule has 8 heteroatoms. The molecule has 1 unspecified atom stereocenters. The molecule has 3 aromatic rings. The van der Waals surface area contributed by atoms with Crippen molar-refractivity contribution in [3.63, 3.8) is 0 Å². The SMILES string of the molecule is Cc1ccc(OC(C)C(=O)Nc2ccc(NS(=O)(=O)c3ccc(F)cc3)cc2)cc1. The van der Waals surface area contributed by atoms with Gasteiger partial charge in [-0.1, -0.05) is 17.7 Å². The summed E-state index contributed by atoms with van der Waals surface area (Å²) in [6, 6.07) is 18.1. The number of hydrogen-bond donors (Lipinski definition) is 2. The Morgan fingerprint density at radius 1 is 0.900 bits per heavy atom. The predicted octanol–water partition coefficient (Wildman–Crippen LogP) is 4.34. The van der Waals surface area contributed by atoms with E-state index in [1.807, 2.05) is 19.1 Å². The highest BCUT2D eigenvalue weighted by Gasteiger charge is 2.16. The number of sulfonamides is 1. The van der Waals surface area contributed by atoms with Gasteiger partial charge in [0.05, 0.1) is 4.90 Å². The van der Waals surface area contributed by atoms with Crippen molar-refractivity contribution in [3.8, 4) is 5.75 Å². The van der Waals surface area contributed by atoms with Crippen LogP contribution in [-0.4, -0.2) is 20.4 Å². The molecular formula is C22H21FN2O4S. The average Bonchev–Trinajstić information content (AvgIpc) is 2.71. The molecule has 2 N–H and O–H groups in total. The number of carbonyl (C=O) groups excluding carboxylic acids is 1. The van der Waals surface area contributed by atoms with Gasteiger partial charge < -0.3 is 10.1 Å². The molecule has 0 aliphatic rings. The van der Waals surface area contributed by atoms with Crippen LogP contribution in [-0.2, 0) is 14.8 Å². The molecule has 30 heavy (non-hydrogen) atoms. The molecule has 0 spiro atoms. The first-order valence-corrected chi connectivity index (χ1v) is 10.6. The van der Waals surface area contributed by atoms with Gasteiger partial charge in [0.2, 0.25) is 0 Å². The summed E-state index contributed by atoms with van der Waals surface area (Å²) < 4.78 is 45.7. The van der Waals surface area contributed by atoms with Crippen molar-refractivity contribution in [1.82, 2.24) is 0 Å². The first kappa shape index (κ1) is 21.3. The molecule has 0 aromatic heterocycles. The third-order valence-electron chi connectivity index (χ3n) is 4.23. The topological polar surface area (TPSA) is 84.5 Å². The number of carbonyl (C=O) groups is 1. The standard InChI is InChI=1S/C22H21FN2O4S/c1-15-3-11-20(12-4-15)29-16(2)22(26)24-18-7-9-19(10-8-18)25-30(27,28)21-13-5-17(23)6-14-21/h3-14,16,25H,1-2H3,(H,24,26). The first-order chi connectivity index (χ1) is 14.2. The van der Waals surface area contributed by atoms with Crippen LogP contribution in [0.2, 0.25) is 0 Å². The molecule has 1 amide bonds. The van der Waals surface area contributed by atoms with Gasteiger partial charge in [-0.05, 0) is 74.5 Å². The summed E-state index contributed by atoms with van der Waals surface area (Å²) in [6.07, 6.45) is -0.718. The second kappa shape index (κ2) is 8.96. The van der Waals surface area contributed by atoms with Crippen molar-refractivity contribution in [3.05, 3.63) is 84.2 Å². The van der Waals surface area contributed by atoms with E-state index in [4.69, 9.17) is 4.74 Å². The minimum atomic E-state index is -3.84. The Hall–Kier alpha value is -3.39. The molecule has 0 aliphatic heterocycles. The van der Waals surface area contributed by atoms with Gasteiger partial charge >= 0.3 is 0 Å². The second-order valence-corrected chi connectivity index (χ2v) is 8.38. The maximum Gasteiger partial charge on any atom is 0.265 e. The van der Waals surface area contributed by atoms with E-state index in [1.54, 1.807) is 31.2 Å². The van der Waals surface area contributed by atoms with Crippen LogP contribution in [0.25, 0.3) is 0 Å². The van der Waals surface area contributed by atoms with Crippen LogP contribution in [0.4, 0.5) is 15.8 Å². The van der Waals surface area contributed by atoms with E-state index in [0.29, 0.717) is 17.1 Å². The second-order valence-electron chi connectivity index (χ2n) is 6.70. The van der Waals surface area contributed by atoms with Gasteiger partial charge in [0.25, 0.3) is 15.9 Å². The van der Waals surface area contributed by atoms with Crippen molar-refractivity contribution in [2.45, 2.75) is 24.8 Å². The molecule has 1 atom stereocenters. The largest absolute Gasteiger partial charge is 0.481 e. The number of rotatable bonds is 7. The fourth-order valence-electron chi connectivity index (χ4n) is 2.57. The number of benzene rings is 3. The summed E-state index contributed by atoms with van der Waals surface area (Å²) in [5.41, 5.74) is 1.89. The molecular weight excluding hydrogens is 407 g/mol. The van der Waals surface area contributed by atoms with Crippen LogP contribution in [0, 0.1) is 12.7 Å². The zero-order chi connectivity index (χ0) is 21.7. The van der Waals surface area contributed by atoms with Crippen LogP contribution in [0.1, 0.15) is 12.5 Å². The van der Waals surface area contributed by atoms with Crippen molar-refractivity contribution >= 4 is 27.3 Å². The summed E-state index contributed by atoms with van der Waals surface area (Å²) in [5.74, 6) is -0.265. The summed E-state index contributed by atoms with van der Waals surface area (Å²) in [4.78, 5) is 12.3. The smallest absolute Gasteiger partial charge is 0.265 e. The molecule has 0 saturated carbocycles. The lowest BCUT2D eigenvalue weighted by Gasteiger charge is -2.15. The number of ether oxygens (including phenoxy) is 1. The van der Waals surface area contributed by atoms with Gasteiger partial charge in [0.15, 0.2) is 6.10 Å². The van der Waals surface area contributed by atoms with Crippen molar-refractivity contribution in [1.29, 1.82) is 0 Å². The minimum absolute atomic E-state index is 0.0524. The van der Waals surface area contributed by atoms with Crippen LogP contribution < -0.4 is 14.8 Å². The first-order valence-electron chi connectivity index (χ1n) is 9.15. The summed E-state index contributed by atoms with van der Waals surface area (Å²) in [7, 11) is -3.84.